The SMILES string of the molecule is O=C(O)CN1NNCCCCCCCCC1(CC(=O)O)CC(=O)O. The predicted molar refractivity (Wildman–Crippen MR) is 85.0 cm³/mol. The smallest absolute Gasteiger partial charge is 0.319 e. The van der Waals surface area contributed by atoms with Crippen LogP contribution in [0.1, 0.15) is 57.8 Å². The summed E-state index contributed by atoms with van der Waals surface area (Å²) in [5.74, 6) is -3.46. The number of nitrogens with one attached hydrogen (secondary N) is 2. The van der Waals surface area contributed by atoms with Gasteiger partial charge >= 0.3 is 17.9 Å². The second kappa shape index (κ2) is 10.2. The summed E-state index contributed by atoms with van der Waals surface area (Å²) in [4.78, 5) is 33.9. The van der Waals surface area contributed by atoms with Crippen LogP contribution in [0.3, 0.4) is 0 Å². The van der Waals surface area contributed by atoms with Gasteiger partial charge in [-0.15, -0.1) is 0 Å². The van der Waals surface area contributed by atoms with E-state index in [9.17, 15) is 24.6 Å². The van der Waals surface area contributed by atoms with Gasteiger partial charge in [0.2, 0.25) is 0 Å². The van der Waals surface area contributed by atoms with Crippen LogP contribution in [-0.4, -0.2) is 56.9 Å². The maximum absolute atomic E-state index is 11.3. The first kappa shape index (κ1) is 20.3. The molecule has 1 saturated heterocycles. The average molecular weight is 345 g/mol. The number of hydrogen-bond acceptors (Lipinski definition) is 6. The molecule has 0 aromatic carbocycles. The van der Waals surface area contributed by atoms with Gasteiger partial charge < -0.3 is 15.3 Å². The van der Waals surface area contributed by atoms with E-state index in [0.717, 1.165) is 32.1 Å². The lowest BCUT2D eigenvalue weighted by molar-refractivity contribution is -0.154. The monoisotopic (exact) mass is 345 g/mol. The molecule has 0 unspecified atom stereocenters. The third-order valence-electron chi connectivity index (χ3n) is 4.23. The number of hydrogen-bond donors (Lipinski definition) is 5. The lowest BCUT2D eigenvalue weighted by Crippen LogP contribution is -2.62. The van der Waals surface area contributed by atoms with Crippen molar-refractivity contribution in [2.24, 2.45) is 0 Å². The number of nitrogens with zero attached hydrogens (tertiary/aromatic N) is 1. The van der Waals surface area contributed by atoms with Crippen LogP contribution in [0.25, 0.3) is 0 Å². The van der Waals surface area contributed by atoms with E-state index >= 15 is 0 Å². The average Bonchev–Trinajstić information content (AvgIpc) is 2.44. The number of rotatable bonds is 6. The second-order valence-electron chi connectivity index (χ2n) is 6.26. The molecule has 1 aliphatic heterocycles. The largest absolute Gasteiger partial charge is 0.481 e. The zero-order valence-corrected chi connectivity index (χ0v) is 13.8. The van der Waals surface area contributed by atoms with Crippen LogP contribution >= 0.6 is 0 Å². The molecule has 0 atom stereocenters. The highest BCUT2D eigenvalue weighted by molar-refractivity contribution is 5.74. The van der Waals surface area contributed by atoms with Gasteiger partial charge in [0.1, 0.15) is 6.54 Å². The van der Waals surface area contributed by atoms with Crippen molar-refractivity contribution < 1.29 is 29.7 Å². The Morgan fingerprint density at radius 3 is 1.92 bits per heavy atom. The Morgan fingerprint density at radius 2 is 1.38 bits per heavy atom. The molecule has 0 bridgehead atoms. The normalized spacial score (nSPS) is 20.5. The summed E-state index contributed by atoms with van der Waals surface area (Å²) in [6.07, 6.45) is 4.97. The lowest BCUT2D eigenvalue weighted by atomic mass is 9.84. The van der Waals surface area contributed by atoms with Crippen molar-refractivity contribution in [3.05, 3.63) is 0 Å². The highest BCUT2D eigenvalue weighted by Crippen LogP contribution is 2.30. The number of aliphatic carboxylic acids is 3. The summed E-state index contributed by atoms with van der Waals surface area (Å²) in [6.45, 7) is 0.0971. The van der Waals surface area contributed by atoms with Gasteiger partial charge in [0.05, 0.1) is 18.4 Å². The van der Waals surface area contributed by atoms with Crippen molar-refractivity contribution in [2.75, 3.05) is 13.1 Å². The summed E-state index contributed by atoms with van der Waals surface area (Å²) in [5.41, 5.74) is 4.33. The van der Waals surface area contributed by atoms with Crippen LogP contribution in [-0.2, 0) is 14.4 Å². The van der Waals surface area contributed by atoms with Crippen LogP contribution in [0, 0.1) is 0 Å². The van der Waals surface area contributed by atoms with Crippen LogP contribution < -0.4 is 11.0 Å². The Labute approximate surface area is 141 Å². The van der Waals surface area contributed by atoms with Gasteiger partial charge in [0, 0.05) is 6.54 Å². The first-order chi connectivity index (χ1) is 11.4. The fraction of sp³-hybridized carbons (Fsp3) is 0.800. The van der Waals surface area contributed by atoms with Gasteiger partial charge in [-0.1, -0.05) is 32.1 Å². The molecule has 0 aromatic heterocycles. The maximum Gasteiger partial charge on any atom is 0.319 e. The molecule has 1 heterocycles. The minimum Gasteiger partial charge on any atom is -0.481 e. The van der Waals surface area contributed by atoms with Crippen molar-refractivity contribution in [2.45, 2.75) is 63.3 Å². The molecule has 0 amide bonds. The van der Waals surface area contributed by atoms with E-state index < -0.39 is 42.8 Å². The van der Waals surface area contributed by atoms with Crippen molar-refractivity contribution in [1.29, 1.82) is 0 Å². The molecule has 5 N–H and O–H groups in total. The number of carboxylic acids is 3. The van der Waals surface area contributed by atoms with Crippen molar-refractivity contribution in [1.82, 2.24) is 16.0 Å². The fourth-order valence-electron chi connectivity index (χ4n) is 3.12. The van der Waals surface area contributed by atoms with Crippen molar-refractivity contribution in [3.63, 3.8) is 0 Å². The molecule has 0 aromatic rings. The third-order valence-corrected chi connectivity index (χ3v) is 4.23. The topological polar surface area (TPSA) is 139 Å². The quantitative estimate of drug-likeness (QED) is 0.473. The molecular formula is C15H27N3O6. The zero-order valence-electron chi connectivity index (χ0n) is 13.8. The Morgan fingerprint density at radius 1 is 0.833 bits per heavy atom. The van der Waals surface area contributed by atoms with Crippen molar-refractivity contribution >= 4 is 17.9 Å². The standard InChI is InChI=1S/C15H27N3O6/c19-12(20)9-15(10-13(21)22)7-5-3-1-2-4-6-8-16-17-18(15)11-14(23)24/h16-17H,1-11H2,(H,19,20)(H,21,22)(H,23,24). The third kappa shape index (κ3) is 7.24. The molecule has 138 valence electrons. The van der Waals surface area contributed by atoms with Gasteiger partial charge in [-0.2, -0.15) is 5.53 Å². The van der Waals surface area contributed by atoms with Gasteiger partial charge in [-0.05, 0) is 12.8 Å². The highest BCUT2D eigenvalue weighted by Gasteiger charge is 2.42. The van der Waals surface area contributed by atoms with Gasteiger partial charge in [0.25, 0.3) is 0 Å². The van der Waals surface area contributed by atoms with Crippen molar-refractivity contribution in [3.8, 4) is 0 Å². The van der Waals surface area contributed by atoms with Crippen LogP contribution in [0.5, 0.6) is 0 Å². The number of carboxylic acid groups (broad SMARTS) is 3. The molecule has 9 heteroatoms. The van der Waals surface area contributed by atoms with Crippen LogP contribution in [0.15, 0.2) is 0 Å². The molecule has 1 fully saturated rings. The van der Waals surface area contributed by atoms with E-state index in [2.05, 4.69) is 11.0 Å². The Balaban J connectivity index is 3.09. The minimum absolute atomic E-state index is 0.299. The zero-order chi connectivity index (χ0) is 18.0. The minimum atomic E-state index is -1.30. The van der Waals surface area contributed by atoms with E-state index in [0.29, 0.717) is 19.4 Å². The molecule has 1 rings (SSSR count). The molecule has 0 saturated carbocycles. The van der Waals surface area contributed by atoms with Crippen LogP contribution in [0.2, 0.25) is 0 Å². The second-order valence-corrected chi connectivity index (χ2v) is 6.26. The first-order valence-electron chi connectivity index (χ1n) is 8.27. The number of hydrazine groups is 2. The molecule has 0 radical (unpaired) electrons. The Bertz CT molecular complexity index is 427. The van der Waals surface area contributed by atoms with Gasteiger partial charge in [-0.25, -0.2) is 10.4 Å². The maximum atomic E-state index is 11.3. The Hall–Kier alpha value is -1.71. The van der Waals surface area contributed by atoms with E-state index in [-0.39, 0.29) is 0 Å². The summed E-state index contributed by atoms with van der Waals surface area (Å²) < 4.78 is 0. The van der Waals surface area contributed by atoms with Gasteiger partial charge in [-0.3, -0.25) is 14.4 Å². The molecule has 1 aliphatic rings. The first-order valence-corrected chi connectivity index (χ1v) is 8.27. The lowest BCUT2D eigenvalue weighted by Gasteiger charge is -2.42. The van der Waals surface area contributed by atoms with Crippen LogP contribution in [0.4, 0.5) is 0 Å². The molecular weight excluding hydrogens is 318 g/mol. The summed E-state index contributed by atoms with van der Waals surface area (Å²) >= 11 is 0. The summed E-state index contributed by atoms with van der Waals surface area (Å²) in [5, 5.41) is 28.9. The molecule has 0 spiro atoms. The fourth-order valence-corrected chi connectivity index (χ4v) is 3.12. The van der Waals surface area contributed by atoms with E-state index in [1.165, 1.54) is 5.01 Å². The van der Waals surface area contributed by atoms with E-state index in [4.69, 9.17) is 5.11 Å². The van der Waals surface area contributed by atoms with Gasteiger partial charge in [0.15, 0.2) is 0 Å². The summed E-state index contributed by atoms with van der Waals surface area (Å²) in [6, 6.07) is 0. The molecule has 24 heavy (non-hydrogen) atoms. The Kier molecular flexibility index (Phi) is 8.66. The summed E-state index contributed by atoms with van der Waals surface area (Å²) in [7, 11) is 0. The number of carbonyl (C=O) groups is 3. The predicted octanol–water partition coefficient (Wildman–Crippen LogP) is 0.815. The highest BCUT2D eigenvalue weighted by atomic mass is 16.4. The molecule has 9 nitrogen and oxygen atoms in total. The van der Waals surface area contributed by atoms with E-state index in [1.807, 2.05) is 0 Å². The molecule has 0 aliphatic carbocycles. The van der Waals surface area contributed by atoms with E-state index in [1.54, 1.807) is 0 Å².